The number of carbonyl (C=O) groups is 2. The summed E-state index contributed by atoms with van der Waals surface area (Å²) in [4.78, 5) is 28.3. The molecule has 0 fully saturated rings. The minimum atomic E-state index is -1.11. The zero-order valence-electron chi connectivity index (χ0n) is 14.6. The highest BCUT2D eigenvalue weighted by Gasteiger charge is 2.22. The molecule has 0 bridgehead atoms. The van der Waals surface area contributed by atoms with Crippen LogP contribution in [-0.2, 0) is 16.0 Å². The highest BCUT2D eigenvalue weighted by molar-refractivity contribution is 7.13. The van der Waals surface area contributed by atoms with E-state index >= 15 is 0 Å². The van der Waals surface area contributed by atoms with Crippen molar-refractivity contribution in [3.8, 4) is 16.3 Å². The largest absolute Gasteiger partial charge is 0.496 e. The van der Waals surface area contributed by atoms with E-state index < -0.39 is 17.9 Å². The molecule has 1 atom stereocenters. The van der Waals surface area contributed by atoms with Gasteiger partial charge in [-0.3, -0.25) is 4.79 Å². The van der Waals surface area contributed by atoms with Gasteiger partial charge in [-0.2, -0.15) is 0 Å². The molecule has 3 rings (SSSR count). The number of carbonyl (C=O) groups excluding carboxylic acids is 1. The second kappa shape index (κ2) is 8.46. The lowest BCUT2D eigenvalue weighted by atomic mass is 10.1. The van der Waals surface area contributed by atoms with Crippen LogP contribution < -0.4 is 10.1 Å². The number of benzene rings is 2. The summed E-state index contributed by atoms with van der Waals surface area (Å²) in [6, 6.07) is 15.0. The van der Waals surface area contributed by atoms with E-state index in [1.54, 1.807) is 42.8 Å². The maximum Gasteiger partial charge on any atom is 0.330 e. The fourth-order valence-corrected chi connectivity index (χ4v) is 3.49. The van der Waals surface area contributed by atoms with Gasteiger partial charge in [0.15, 0.2) is 6.04 Å². The number of para-hydroxylation sites is 1. The fraction of sp³-hybridized carbons (Fsp3) is 0.150. The summed E-state index contributed by atoms with van der Waals surface area (Å²) in [5, 5.41) is 14.5. The summed E-state index contributed by atoms with van der Waals surface area (Å²) in [5.41, 5.74) is 1.95. The Bertz CT molecular complexity index is 940. The topological polar surface area (TPSA) is 88.5 Å². The van der Waals surface area contributed by atoms with Crippen molar-refractivity contribution in [1.82, 2.24) is 10.3 Å². The van der Waals surface area contributed by atoms with E-state index in [0.717, 1.165) is 10.6 Å². The predicted molar refractivity (Wildman–Crippen MR) is 103 cm³/mol. The number of aliphatic carboxylic acids is 1. The molecule has 6 nitrogen and oxygen atoms in total. The first-order valence-corrected chi connectivity index (χ1v) is 9.11. The van der Waals surface area contributed by atoms with Crippen LogP contribution in [0.15, 0.2) is 60.0 Å². The number of carboxylic acids is 1. The molecule has 0 aliphatic carbocycles. The average Bonchev–Trinajstić information content (AvgIpc) is 3.14. The molecule has 2 aromatic carbocycles. The monoisotopic (exact) mass is 382 g/mol. The highest BCUT2D eigenvalue weighted by Crippen LogP contribution is 2.31. The van der Waals surface area contributed by atoms with Gasteiger partial charge in [-0.15, -0.1) is 11.3 Å². The molecule has 0 aliphatic heterocycles. The molecule has 3 aromatic rings. The summed E-state index contributed by atoms with van der Waals surface area (Å²) < 4.78 is 5.34. The number of carboxylic acid groups (broad SMARTS) is 1. The van der Waals surface area contributed by atoms with Gasteiger partial charge in [0.05, 0.1) is 24.8 Å². The number of hydrogen-bond acceptors (Lipinski definition) is 5. The molecular weight excluding hydrogens is 364 g/mol. The van der Waals surface area contributed by atoms with E-state index in [4.69, 9.17) is 4.74 Å². The highest BCUT2D eigenvalue weighted by atomic mass is 32.1. The Morgan fingerprint density at radius 2 is 1.85 bits per heavy atom. The predicted octanol–water partition coefficient (Wildman–Crippen LogP) is 3.30. The number of nitrogens with zero attached hydrogens (tertiary/aromatic N) is 1. The fourth-order valence-electron chi connectivity index (χ4n) is 2.64. The van der Waals surface area contributed by atoms with Crippen molar-refractivity contribution >= 4 is 23.2 Å². The van der Waals surface area contributed by atoms with Gasteiger partial charge in [-0.25, -0.2) is 9.78 Å². The van der Waals surface area contributed by atoms with Crippen molar-refractivity contribution in [3.05, 3.63) is 71.2 Å². The average molecular weight is 382 g/mol. The first kappa shape index (κ1) is 18.6. The SMILES string of the molecule is COc1ccccc1-c1nc(CC(=O)N[C@@H](C(=O)O)c2ccccc2)cs1. The van der Waals surface area contributed by atoms with Crippen molar-refractivity contribution in [2.75, 3.05) is 7.11 Å². The molecule has 138 valence electrons. The molecule has 0 radical (unpaired) electrons. The molecule has 2 N–H and O–H groups in total. The lowest BCUT2D eigenvalue weighted by molar-refractivity contribution is -0.142. The Morgan fingerprint density at radius 3 is 2.56 bits per heavy atom. The van der Waals surface area contributed by atoms with Crippen molar-refractivity contribution in [2.24, 2.45) is 0 Å². The second-order valence-electron chi connectivity index (χ2n) is 5.77. The van der Waals surface area contributed by atoms with Crippen LogP contribution in [0.3, 0.4) is 0 Å². The number of aromatic nitrogens is 1. The second-order valence-corrected chi connectivity index (χ2v) is 6.63. The molecular formula is C20H18N2O4S. The summed E-state index contributed by atoms with van der Waals surface area (Å²) in [7, 11) is 1.59. The van der Waals surface area contributed by atoms with Gasteiger partial charge in [0.2, 0.25) is 5.91 Å². The van der Waals surface area contributed by atoms with Crippen LogP contribution >= 0.6 is 11.3 Å². The molecule has 1 aromatic heterocycles. The minimum Gasteiger partial charge on any atom is -0.496 e. The van der Waals surface area contributed by atoms with Crippen molar-refractivity contribution in [3.63, 3.8) is 0 Å². The third kappa shape index (κ3) is 4.51. The molecule has 7 heteroatoms. The van der Waals surface area contributed by atoms with Crippen LogP contribution in [0.2, 0.25) is 0 Å². The number of hydrogen-bond donors (Lipinski definition) is 2. The molecule has 0 saturated carbocycles. The first-order chi connectivity index (χ1) is 13.1. The van der Waals surface area contributed by atoms with E-state index in [1.165, 1.54) is 11.3 Å². The van der Waals surface area contributed by atoms with Crippen LogP contribution in [0.4, 0.5) is 0 Å². The van der Waals surface area contributed by atoms with Crippen LogP contribution in [0.25, 0.3) is 10.6 Å². The number of thiazole rings is 1. The van der Waals surface area contributed by atoms with E-state index in [9.17, 15) is 14.7 Å². The molecule has 0 aliphatic rings. The maximum absolute atomic E-state index is 12.3. The number of ether oxygens (including phenoxy) is 1. The third-order valence-electron chi connectivity index (χ3n) is 3.92. The van der Waals surface area contributed by atoms with Crippen LogP contribution in [0, 0.1) is 0 Å². The van der Waals surface area contributed by atoms with Gasteiger partial charge in [-0.1, -0.05) is 42.5 Å². The van der Waals surface area contributed by atoms with Gasteiger partial charge in [0.25, 0.3) is 0 Å². The zero-order valence-corrected chi connectivity index (χ0v) is 15.4. The molecule has 27 heavy (non-hydrogen) atoms. The number of amides is 1. The van der Waals surface area contributed by atoms with Crippen LogP contribution in [0.1, 0.15) is 17.3 Å². The van der Waals surface area contributed by atoms with Gasteiger partial charge in [0.1, 0.15) is 10.8 Å². The smallest absolute Gasteiger partial charge is 0.330 e. The number of rotatable bonds is 7. The van der Waals surface area contributed by atoms with Gasteiger partial charge >= 0.3 is 5.97 Å². The van der Waals surface area contributed by atoms with E-state index in [0.29, 0.717) is 17.0 Å². The van der Waals surface area contributed by atoms with Crippen molar-refractivity contribution in [2.45, 2.75) is 12.5 Å². The standard InChI is InChI=1S/C20H18N2O4S/c1-26-16-10-6-5-9-15(16)19-21-14(12-27-19)11-17(23)22-18(20(24)25)13-7-3-2-4-8-13/h2-10,12,18H,11H2,1H3,(H,22,23)(H,24,25)/t18-/m1/s1. The van der Waals surface area contributed by atoms with E-state index in [2.05, 4.69) is 10.3 Å². The normalized spacial score (nSPS) is 11.6. The summed E-state index contributed by atoms with van der Waals surface area (Å²) in [5.74, 6) is -0.802. The quantitative estimate of drug-likeness (QED) is 0.654. The zero-order chi connectivity index (χ0) is 19.2. The molecule has 0 saturated heterocycles. The summed E-state index contributed by atoms with van der Waals surface area (Å²) in [6.45, 7) is 0. The molecule has 1 heterocycles. The van der Waals surface area contributed by atoms with Crippen LogP contribution in [-0.4, -0.2) is 29.1 Å². The minimum absolute atomic E-state index is 0.00224. The van der Waals surface area contributed by atoms with Crippen LogP contribution in [0.5, 0.6) is 5.75 Å². The molecule has 0 spiro atoms. The summed E-state index contributed by atoms with van der Waals surface area (Å²) in [6.07, 6.45) is 0.00224. The van der Waals surface area contributed by atoms with Gasteiger partial charge < -0.3 is 15.2 Å². The van der Waals surface area contributed by atoms with E-state index in [-0.39, 0.29) is 6.42 Å². The number of nitrogens with one attached hydrogen (secondary N) is 1. The Balaban J connectivity index is 1.71. The molecule has 0 unspecified atom stereocenters. The van der Waals surface area contributed by atoms with Crippen molar-refractivity contribution < 1.29 is 19.4 Å². The third-order valence-corrected chi connectivity index (χ3v) is 4.84. The van der Waals surface area contributed by atoms with Crippen molar-refractivity contribution in [1.29, 1.82) is 0 Å². The lowest BCUT2D eigenvalue weighted by Crippen LogP contribution is -2.34. The maximum atomic E-state index is 12.3. The van der Waals surface area contributed by atoms with E-state index in [1.807, 2.05) is 24.3 Å². The number of methoxy groups -OCH3 is 1. The Morgan fingerprint density at radius 1 is 1.15 bits per heavy atom. The Kier molecular flexibility index (Phi) is 5.83. The summed E-state index contributed by atoms with van der Waals surface area (Å²) >= 11 is 1.41. The lowest BCUT2D eigenvalue weighted by Gasteiger charge is -2.14. The van der Waals surface area contributed by atoms with Gasteiger partial charge in [-0.05, 0) is 17.7 Å². The first-order valence-electron chi connectivity index (χ1n) is 8.23. The molecule has 1 amide bonds. The van der Waals surface area contributed by atoms with Gasteiger partial charge in [0, 0.05) is 5.38 Å². The Hall–Kier alpha value is -3.19. The Labute approximate surface area is 160 Å².